The fraction of sp³-hybridized carbons (Fsp3) is 0.100. The van der Waals surface area contributed by atoms with Crippen LogP contribution in [0.2, 0.25) is 15.1 Å². The van der Waals surface area contributed by atoms with Crippen molar-refractivity contribution in [1.29, 1.82) is 0 Å². The van der Waals surface area contributed by atoms with E-state index in [-0.39, 0.29) is 0 Å². The van der Waals surface area contributed by atoms with E-state index in [9.17, 15) is 0 Å². The van der Waals surface area contributed by atoms with Gasteiger partial charge in [0, 0.05) is 42.9 Å². The smallest absolute Gasteiger partial charge is 0.353 e. The largest absolute Gasteiger partial charge is 0.428 e. The Hall–Kier alpha value is -0.000000000000000167. The average molecular weight is 591 g/mol. The Balaban J connectivity index is 1.91. The Morgan fingerprint density at radius 2 is 1.19 bits per heavy atom. The standard InChI is InChI=1S/C20H11Cl6O2PS2/c21-11-1-5-14(6-2-11)31-29(30)27-17-7-3-12(22)9-15(17)19(20(24,25)26)16-10-13(23)4-8-18(16)28-29/h1-10,19H. The van der Waals surface area contributed by atoms with Gasteiger partial charge in [-0.2, -0.15) is 0 Å². The zero-order valence-corrected chi connectivity index (χ0v) is 22.3. The number of benzene rings is 3. The summed E-state index contributed by atoms with van der Waals surface area (Å²) in [6, 6.07) is 17.4. The van der Waals surface area contributed by atoms with Gasteiger partial charge in [-0.25, -0.2) is 0 Å². The number of hydrogen-bond acceptors (Lipinski definition) is 4. The fourth-order valence-electron chi connectivity index (χ4n) is 3.10. The molecule has 0 aliphatic carbocycles. The van der Waals surface area contributed by atoms with Crippen LogP contribution in [0.25, 0.3) is 0 Å². The molecule has 0 unspecified atom stereocenters. The monoisotopic (exact) mass is 588 g/mol. The molecule has 31 heavy (non-hydrogen) atoms. The van der Waals surface area contributed by atoms with Crippen molar-refractivity contribution in [3.63, 3.8) is 0 Å². The van der Waals surface area contributed by atoms with Crippen molar-refractivity contribution in [1.82, 2.24) is 0 Å². The van der Waals surface area contributed by atoms with E-state index in [1.54, 1.807) is 48.5 Å². The van der Waals surface area contributed by atoms with Crippen molar-refractivity contribution in [3.05, 3.63) is 86.9 Å². The third-order valence-corrected chi connectivity index (χ3v) is 10.1. The Labute approximate surface area is 218 Å². The minimum Gasteiger partial charge on any atom is -0.428 e. The van der Waals surface area contributed by atoms with E-state index in [4.69, 9.17) is 90.5 Å². The Morgan fingerprint density at radius 1 is 0.742 bits per heavy atom. The molecule has 0 atom stereocenters. The van der Waals surface area contributed by atoms with Gasteiger partial charge in [0.05, 0.1) is 5.92 Å². The molecular weight excluding hydrogens is 580 g/mol. The first-order valence-corrected chi connectivity index (χ1v) is 15.0. The van der Waals surface area contributed by atoms with Crippen LogP contribution in [0.3, 0.4) is 0 Å². The van der Waals surface area contributed by atoms with Gasteiger partial charge < -0.3 is 9.05 Å². The predicted molar refractivity (Wildman–Crippen MR) is 138 cm³/mol. The summed E-state index contributed by atoms with van der Waals surface area (Å²) < 4.78 is 10.8. The van der Waals surface area contributed by atoms with Gasteiger partial charge in [0.2, 0.25) is 3.79 Å². The van der Waals surface area contributed by atoms with Crippen LogP contribution in [-0.2, 0) is 11.8 Å². The van der Waals surface area contributed by atoms with Crippen molar-refractivity contribution >= 4 is 98.5 Å². The molecule has 3 aromatic carbocycles. The lowest BCUT2D eigenvalue weighted by Crippen LogP contribution is -2.22. The van der Waals surface area contributed by atoms with Crippen LogP contribution in [0.4, 0.5) is 0 Å². The van der Waals surface area contributed by atoms with Crippen molar-refractivity contribution in [2.45, 2.75) is 14.6 Å². The lowest BCUT2D eigenvalue weighted by Gasteiger charge is -2.34. The van der Waals surface area contributed by atoms with Crippen molar-refractivity contribution in [2.75, 3.05) is 0 Å². The highest BCUT2D eigenvalue weighted by atomic mass is 35.6. The molecular formula is C20H11Cl6O2PS2. The summed E-state index contributed by atoms with van der Waals surface area (Å²) in [7, 11) is 0. The lowest BCUT2D eigenvalue weighted by atomic mass is 9.91. The van der Waals surface area contributed by atoms with Gasteiger partial charge in [0.25, 0.3) is 0 Å². The van der Waals surface area contributed by atoms with Gasteiger partial charge in [-0.1, -0.05) is 69.6 Å². The molecule has 0 saturated carbocycles. The molecule has 3 aromatic rings. The molecule has 11 heteroatoms. The maximum atomic E-state index is 6.41. The van der Waals surface area contributed by atoms with Crippen LogP contribution in [0.15, 0.2) is 65.6 Å². The molecule has 0 saturated heterocycles. The van der Waals surface area contributed by atoms with Crippen LogP contribution < -0.4 is 9.05 Å². The van der Waals surface area contributed by atoms with Gasteiger partial charge in [0.1, 0.15) is 11.5 Å². The minimum atomic E-state index is -3.00. The Kier molecular flexibility index (Phi) is 7.26. The Morgan fingerprint density at radius 3 is 1.65 bits per heavy atom. The van der Waals surface area contributed by atoms with Crippen molar-refractivity contribution in [2.24, 2.45) is 0 Å². The maximum absolute atomic E-state index is 6.41. The molecule has 162 valence electrons. The number of hydrogen-bond donors (Lipinski definition) is 0. The molecule has 0 fully saturated rings. The van der Waals surface area contributed by atoms with E-state index in [1.807, 2.05) is 12.1 Å². The fourth-order valence-corrected chi connectivity index (χ4v) is 8.83. The van der Waals surface area contributed by atoms with E-state index in [2.05, 4.69) is 0 Å². The molecule has 0 spiro atoms. The molecule has 1 aliphatic heterocycles. The van der Waals surface area contributed by atoms with Crippen molar-refractivity contribution < 1.29 is 9.05 Å². The predicted octanol–water partition coefficient (Wildman–Crippen LogP) is 9.94. The third kappa shape index (κ3) is 5.57. The molecule has 0 radical (unpaired) electrons. The van der Waals surface area contributed by atoms with Crippen LogP contribution in [-0.4, -0.2) is 3.79 Å². The van der Waals surface area contributed by atoms with Gasteiger partial charge >= 0.3 is 5.69 Å². The molecule has 0 N–H and O–H groups in total. The molecule has 2 nitrogen and oxygen atoms in total. The minimum absolute atomic E-state index is 0.427. The van der Waals surface area contributed by atoms with E-state index in [0.29, 0.717) is 37.7 Å². The summed E-state index contributed by atoms with van der Waals surface area (Å²) in [4.78, 5) is 0.845. The molecule has 1 aliphatic rings. The quantitative estimate of drug-likeness (QED) is 0.218. The highest BCUT2D eigenvalue weighted by molar-refractivity contribution is 8.68. The Bertz CT molecular complexity index is 1120. The normalized spacial score (nSPS) is 20.5. The zero-order chi connectivity index (χ0) is 22.4. The zero-order valence-electron chi connectivity index (χ0n) is 15.2. The second kappa shape index (κ2) is 9.33. The highest BCUT2D eigenvalue weighted by Gasteiger charge is 2.42. The summed E-state index contributed by atoms with van der Waals surface area (Å²) in [6.07, 6.45) is 0. The summed E-state index contributed by atoms with van der Waals surface area (Å²) in [5, 5.41) is 1.54. The molecule has 0 aromatic heterocycles. The van der Waals surface area contributed by atoms with Crippen LogP contribution in [0.1, 0.15) is 17.0 Å². The average Bonchev–Trinajstić information content (AvgIpc) is 2.66. The number of halogens is 6. The van der Waals surface area contributed by atoms with Crippen molar-refractivity contribution in [3.8, 4) is 11.5 Å². The van der Waals surface area contributed by atoms with E-state index < -0.39 is 15.4 Å². The van der Waals surface area contributed by atoms with E-state index in [0.717, 1.165) is 4.90 Å². The van der Waals surface area contributed by atoms with E-state index in [1.165, 1.54) is 11.4 Å². The molecule has 0 bridgehead atoms. The SMILES string of the molecule is S=P1(Sc2ccc(Cl)cc2)Oc2ccc(Cl)cc2C(C(Cl)(Cl)Cl)c2cc(Cl)ccc2O1. The summed E-state index contributed by atoms with van der Waals surface area (Å²) >= 11 is 45.0. The second-order valence-corrected chi connectivity index (χ2v) is 16.2. The van der Waals surface area contributed by atoms with Crippen LogP contribution in [0.5, 0.6) is 11.5 Å². The van der Waals surface area contributed by atoms with Gasteiger partial charge in [0.15, 0.2) is 0 Å². The third-order valence-electron chi connectivity index (χ3n) is 4.34. The van der Waals surface area contributed by atoms with Crippen LogP contribution in [0, 0.1) is 0 Å². The van der Waals surface area contributed by atoms with Crippen LogP contribution >= 0.6 is 86.7 Å². The van der Waals surface area contributed by atoms with Gasteiger partial charge in [-0.05, 0) is 72.0 Å². The maximum Gasteiger partial charge on any atom is 0.353 e. The molecule has 1 heterocycles. The first kappa shape index (κ1) is 24.1. The van der Waals surface area contributed by atoms with E-state index >= 15 is 0 Å². The summed E-state index contributed by atoms with van der Waals surface area (Å²) in [6.45, 7) is 0. The summed E-state index contributed by atoms with van der Waals surface area (Å²) in [5.74, 6) is 0.0940. The topological polar surface area (TPSA) is 18.5 Å². The number of rotatable bonds is 2. The second-order valence-electron chi connectivity index (χ2n) is 6.51. The molecule has 4 rings (SSSR count). The lowest BCUT2D eigenvalue weighted by molar-refractivity contribution is 0.483. The van der Waals surface area contributed by atoms with Gasteiger partial charge in [-0.15, -0.1) is 0 Å². The molecule has 0 amide bonds. The van der Waals surface area contributed by atoms with Gasteiger partial charge in [-0.3, -0.25) is 0 Å². The summed E-state index contributed by atoms with van der Waals surface area (Å²) in [5.41, 5.74) is -1.86. The highest BCUT2D eigenvalue weighted by Crippen LogP contribution is 2.66. The number of fused-ring (bicyclic) bond motifs is 2. The number of alkyl halides is 3. The first-order chi connectivity index (χ1) is 14.5. The first-order valence-electron chi connectivity index (χ1n) is 8.64.